The van der Waals surface area contributed by atoms with Gasteiger partial charge in [0.1, 0.15) is 6.04 Å². The Morgan fingerprint density at radius 1 is 1.25 bits per heavy atom. The molecule has 0 fully saturated rings. The fourth-order valence-corrected chi connectivity index (χ4v) is 1.37. The third-order valence-electron chi connectivity index (χ3n) is 2.31. The summed E-state index contributed by atoms with van der Waals surface area (Å²) in [5, 5.41) is 19.8. The molecule has 0 saturated carbocycles. The van der Waals surface area contributed by atoms with Crippen molar-refractivity contribution in [2.75, 3.05) is 6.61 Å². The highest BCUT2D eigenvalue weighted by atomic mass is 16.4. The van der Waals surface area contributed by atoms with Crippen LogP contribution >= 0.6 is 0 Å². The van der Waals surface area contributed by atoms with Crippen LogP contribution in [0.5, 0.6) is 0 Å². The second kappa shape index (κ2) is 9.15. The Hall–Kier alpha value is -1.10. The maximum absolute atomic E-state index is 11.3. The van der Waals surface area contributed by atoms with Gasteiger partial charge in [0.05, 0.1) is 0 Å². The summed E-state index contributed by atoms with van der Waals surface area (Å²) in [6.45, 7) is 1.84. The van der Waals surface area contributed by atoms with Crippen molar-refractivity contribution in [1.82, 2.24) is 5.32 Å². The van der Waals surface area contributed by atoms with Gasteiger partial charge in [-0.05, 0) is 6.42 Å². The minimum atomic E-state index is -1.10. The van der Waals surface area contributed by atoms with Crippen LogP contribution in [0.25, 0.3) is 0 Å². The maximum Gasteiger partial charge on any atom is 0.326 e. The van der Waals surface area contributed by atoms with E-state index in [0.717, 1.165) is 25.7 Å². The zero-order chi connectivity index (χ0) is 12.4. The minimum absolute atomic E-state index is 0.0516. The van der Waals surface area contributed by atoms with E-state index >= 15 is 0 Å². The van der Waals surface area contributed by atoms with Gasteiger partial charge < -0.3 is 15.5 Å². The molecule has 0 radical (unpaired) electrons. The van der Waals surface area contributed by atoms with Gasteiger partial charge in [-0.15, -0.1) is 0 Å². The van der Waals surface area contributed by atoms with E-state index in [1.54, 1.807) is 0 Å². The number of carboxylic acid groups (broad SMARTS) is 1. The highest BCUT2D eigenvalue weighted by molar-refractivity contribution is 5.83. The van der Waals surface area contributed by atoms with Gasteiger partial charge in [-0.1, -0.05) is 26.2 Å². The Balaban J connectivity index is 3.77. The fourth-order valence-electron chi connectivity index (χ4n) is 1.37. The first kappa shape index (κ1) is 14.9. The molecule has 0 unspecified atom stereocenters. The maximum atomic E-state index is 11.3. The third-order valence-corrected chi connectivity index (χ3v) is 2.31. The molecule has 0 aliphatic heterocycles. The zero-order valence-electron chi connectivity index (χ0n) is 9.74. The number of amides is 1. The van der Waals surface area contributed by atoms with Crippen LogP contribution in [-0.2, 0) is 9.59 Å². The van der Waals surface area contributed by atoms with Crippen molar-refractivity contribution in [3.63, 3.8) is 0 Å². The Kier molecular flexibility index (Phi) is 8.52. The van der Waals surface area contributed by atoms with E-state index in [2.05, 4.69) is 12.2 Å². The average Bonchev–Trinajstić information content (AvgIpc) is 2.23. The Morgan fingerprint density at radius 3 is 2.44 bits per heavy atom. The van der Waals surface area contributed by atoms with E-state index in [-0.39, 0.29) is 18.9 Å². The van der Waals surface area contributed by atoms with Crippen LogP contribution in [0.4, 0.5) is 0 Å². The average molecular weight is 231 g/mol. The molecule has 1 amide bonds. The van der Waals surface area contributed by atoms with Gasteiger partial charge in [0.15, 0.2) is 0 Å². The molecule has 16 heavy (non-hydrogen) atoms. The number of aliphatic hydroxyl groups is 1. The fraction of sp³-hybridized carbons (Fsp3) is 0.818. The number of carbonyl (C=O) groups is 2. The molecular weight excluding hydrogens is 210 g/mol. The standard InChI is InChI=1S/C11H21NO4/c1-2-3-4-5-6-10(14)12-9(7-8-13)11(15)16/h9,13H,2-8H2,1H3,(H,12,14)(H,15,16)/t9-/m0/s1. The lowest BCUT2D eigenvalue weighted by molar-refractivity contribution is -0.142. The summed E-state index contributed by atoms with van der Waals surface area (Å²) < 4.78 is 0. The van der Waals surface area contributed by atoms with Crippen molar-refractivity contribution in [2.24, 2.45) is 0 Å². The molecule has 0 saturated heterocycles. The summed E-state index contributed by atoms with van der Waals surface area (Å²) in [5.41, 5.74) is 0. The largest absolute Gasteiger partial charge is 0.480 e. The first-order chi connectivity index (χ1) is 7.61. The highest BCUT2D eigenvalue weighted by Crippen LogP contribution is 2.03. The van der Waals surface area contributed by atoms with Crippen LogP contribution in [0.3, 0.4) is 0 Å². The van der Waals surface area contributed by atoms with Crippen LogP contribution in [0.1, 0.15) is 45.4 Å². The van der Waals surface area contributed by atoms with Crippen LogP contribution < -0.4 is 5.32 Å². The number of rotatable bonds is 9. The molecule has 5 nitrogen and oxygen atoms in total. The lowest BCUT2D eigenvalue weighted by Gasteiger charge is -2.12. The summed E-state index contributed by atoms with van der Waals surface area (Å²) in [6.07, 6.45) is 4.37. The molecule has 5 heteroatoms. The quantitative estimate of drug-likeness (QED) is 0.515. The number of carbonyl (C=O) groups excluding carboxylic acids is 1. The summed E-state index contributed by atoms with van der Waals surface area (Å²) in [6, 6.07) is -0.969. The highest BCUT2D eigenvalue weighted by Gasteiger charge is 2.18. The van der Waals surface area contributed by atoms with Crippen molar-refractivity contribution >= 4 is 11.9 Å². The number of carboxylic acids is 1. The minimum Gasteiger partial charge on any atom is -0.480 e. The first-order valence-corrected chi connectivity index (χ1v) is 5.74. The summed E-state index contributed by atoms with van der Waals surface area (Å²) in [7, 11) is 0. The third kappa shape index (κ3) is 7.23. The zero-order valence-corrected chi connectivity index (χ0v) is 9.74. The van der Waals surface area contributed by atoms with Gasteiger partial charge in [-0.25, -0.2) is 4.79 Å². The van der Waals surface area contributed by atoms with Gasteiger partial charge in [-0.3, -0.25) is 4.79 Å². The topological polar surface area (TPSA) is 86.6 Å². The van der Waals surface area contributed by atoms with E-state index < -0.39 is 12.0 Å². The molecule has 0 heterocycles. The van der Waals surface area contributed by atoms with Gasteiger partial charge in [0.2, 0.25) is 5.91 Å². The summed E-state index contributed by atoms with van der Waals surface area (Å²) >= 11 is 0. The molecule has 94 valence electrons. The molecule has 0 rings (SSSR count). The number of aliphatic hydroxyl groups excluding tert-OH is 1. The molecule has 0 aliphatic carbocycles. The summed E-state index contributed by atoms with van der Waals surface area (Å²) in [4.78, 5) is 22.0. The summed E-state index contributed by atoms with van der Waals surface area (Å²) in [5.74, 6) is -1.35. The predicted molar refractivity (Wildman–Crippen MR) is 60.0 cm³/mol. The number of hydrogen-bond acceptors (Lipinski definition) is 3. The van der Waals surface area contributed by atoms with E-state index in [0.29, 0.717) is 6.42 Å². The Bertz CT molecular complexity index is 218. The molecule has 0 aromatic rings. The van der Waals surface area contributed by atoms with Crippen LogP contribution in [0, 0.1) is 0 Å². The van der Waals surface area contributed by atoms with Gasteiger partial charge in [-0.2, -0.15) is 0 Å². The van der Waals surface area contributed by atoms with Crippen LogP contribution in [-0.4, -0.2) is 34.7 Å². The van der Waals surface area contributed by atoms with Crippen molar-refractivity contribution in [3.8, 4) is 0 Å². The molecule has 0 aliphatic rings. The smallest absolute Gasteiger partial charge is 0.326 e. The number of nitrogens with one attached hydrogen (secondary N) is 1. The molecule has 0 bridgehead atoms. The molecule has 0 spiro atoms. The lowest BCUT2D eigenvalue weighted by atomic mass is 10.1. The van der Waals surface area contributed by atoms with Gasteiger partial charge in [0.25, 0.3) is 0 Å². The lowest BCUT2D eigenvalue weighted by Crippen LogP contribution is -2.41. The predicted octanol–water partition coefficient (Wildman–Crippen LogP) is 0.909. The van der Waals surface area contributed by atoms with Crippen LogP contribution in [0.2, 0.25) is 0 Å². The SMILES string of the molecule is CCCCCCC(=O)N[C@@H](CCO)C(=O)O. The molecule has 3 N–H and O–H groups in total. The molecular formula is C11H21NO4. The van der Waals surface area contributed by atoms with E-state index in [9.17, 15) is 9.59 Å². The van der Waals surface area contributed by atoms with Crippen molar-refractivity contribution in [1.29, 1.82) is 0 Å². The van der Waals surface area contributed by atoms with Crippen LogP contribution in [0.15, 0.2) is 0 Å². The Morgan fingerprint density at radius 2 is 1.94 bits per heavy atom. The normalized spacial score (nSPS) is 12.1. The van der Waals surface area contributed by atoms with Gasteiger partial charge in [0, 0.05) is 19.4 Å². The molecule has 1 atom stereocenters. The van der Waals surface area contributed by atoms with E-state index in [1.807, 2.05) is 0 Å². The number of hydrogen-bond donors (Lipinski definition) is 3. The second-order valence-corrected chi connectivity index (χ2v) is 3.78. The van der Waals surface area contributed by atoms with Gasteiger partial charge >= 0.3 is 5.97 Å². The molecule has 0 aromatic carbocycles. The Labute approximate surface area is 95.9 Å². The van der Waals surface area contributed by atoms with E-state index in [4.69, 9.17) is 10.2 Å². The van der Waals surface area contributed by atoms with Crippen molar-refractivity contribution < 1.29 is 19.8 Å². The first-order valence-electron chi connectivity index (χ1n) is 5.74. The second-order valence-electron chi connectivity index (χ2n) is 3.78. The number of aliphatic carboxylic acids is 1. The number of unbranched alkanes of at least 4 members (excludes halogenated alkanes) is 3. The van der Waals surface area contributed by atoms with Crippen molar-refractivity contribution in [2.45, 2.75) is 51.5 Å². The van der Waals surface area contributed by atoms with E-state index in [1.165, 1.54) is 0 Å². The monoisotopic (exact) mass is 231 g/mol. The molecule has 0 aromatic heterocycles. The van der Waals surface area contributed by atoms with Crippen molar-refractivity contribution in [3.05, 3.63) is 0 Å².